The van der Waals surface area contributed by atoms with Gasteiger partial charge < -0.3 is 19.6 Å². The van der Waals surface area contributed by atoms with Crippen molar-refractivity contribution in [2.45, 2.75) is 52.4 Å². The number of unbranched alkanes of at least 4 members (excludes halogenated alkanes) is 1. The Morgan fingerprint density at radius 2 is 1.61 bits per heavy atom. The summed E-state index contributed by atoms with van der Waals surface area (Å²) in [7, 11) is 2.01. The highest BCUT2D eigenvalue weighted by atomic mass is 35.5. The molecule has 3 aromatic rings. The fourth-order valence-electron chi connectivity index (χ4n) is 4.63. The number of imidazole rings is 2. The van der Waals surface area contributed by atoms with Crippen molar-refractivity contribution in [1.82, 2.24) is 34.2 Å². The highest BCUT2D eigenvalue weighted by Crippen LogP contribution is 2.14. The molecular weight excluding hydrogens is 502 g/mol. The summed E-state index contributed by atoms with van der Waals surface area (Å²) in [5.74, 6) is 1.77. The van der Waals surface area contributed by atoms with Crippen LogP contribution in [0.15, 0.2) is 49.1 Å². The summed E-state index contributed by atoms with van der Waals surface area (Å²) < 4.78 is 2.04. The number of alkyl halides is 1. The maximum Gasteiger partial charge on any atom is 0.317 e. The van der Waals surface area contributed by atoms with Gasteiger partial charge >= 0.3 is 5.97 Å². The molecule has 0 spiro atoms. The molecule has 1 aromatic carbocycles. The van der Waals surface area contributed by atoms with Gasteiger partial charge in [-0.05, 0) is 50.0 Å². The van der Waals surface area contributed by atoms with Crippen molar-refractivity contribution in [1.29, 1.82) is 0 Å². The monoisotopic (exact) mass is 543 g/mol. The van der Waals surface area contributed by atoms with E-state index >= 15 is 0 Å². The van der Waals surface area contributed by atoms with Crippen molar-refractivity contribution in [3.63, 3.8) is 0 Å². The van der Waals surface area contributed by atoms with Crippen LogP contribution in [0.25, 0.3) is 0 Å². The molecule has 0 radical (unpaired) electrons. The smallest absolute Gasteiger partial charge is 0.317 e. The average Bonchev–Trinajstić information content (AvgIpc) is 3.54. The van der Waals surface area contributed by atoms with Gasteiger partial charge in [-0.25, -0.2) is 9.97 Å². The first-order valence-electron chi connectivity index (χ1n) is 13.4. The van der Waals surface area contributed by atoms with Crippen LogP contribution in [0.1, 0.15) is 49.0 Å². The molecule has 0 bridgehead atoms. The Labute approximate surface area is 231 Å². The summed E-state index contributed by atoms with van der Waals surface area (Å²) >= 11 is 5.93. The molecule has 0 saturated carbocycles. The molecule has 0 unspecified atom stereocenters. The molecule has 0 aliphatic carbocycles. The fourth-order valence-corrected chi connectivity index (χ4v) is 4.87. The van der Waals surface area contributed by atoms with Crippen molar-refractivity contribution in [3.8, 4) is 0 Å². The van der Waals surface area contributed by atoms with Gasteiger partial charge in [0.05, 0.1) is 19.6 Å². The number of aryl methyl sites for hydroxylation is 1. The van der Waals surface area contributed by atoms with E-state index in [9.17, 15) is 9.90 Å². The third-order valence-corrected chi connectivity index (χ3v) is 6.72. The van der Waals surface area contributed by atoms with E-state index in [4.69, 9.17) is 11.6 Å². The maximum atomic E-state index is 11.5. The minimum atomic E-state index is -0.792. The van der Waals surface area contributed by atoms with Crippen LogP contribution in [-0.4, -0.2) is 83.9 Å². The number of rotatable bonds is 19. The van der Waals surface area contributed by atoms with Gasteiger partial charge in [-0.15, -0.1) is 11.6 Å². The Hall–Kier alpha value is -2.72. The zero-order valence-electron chi connectivity index (χ0n) is 22.7. The molecule has 208 valence electrons. The van der Waals surface area contributed by atoms with Crippen LogP contribution in [-0.2, 0) is 38.0 Å². The number of nitrogens with zero attached hydrogens (tertiary/aromatic N) is 6. The van der Waals surface area contributed by atoms with Crippen LogP contribution in [0.3, 0.4) is 0 Å². The molecular formula is C28H42ClN7O2. The van der Waals surface area contributed by atoms with Gasteiger partial charge in [0.2, 0.25) is 0 Å². The topological polar surface area (TPSA) is 93.5 Å². The number of hydrogen-bond donors (Lipinski definition) is 2. The molecule has 2 aromatic heterocycles. The number of nitrogens with one attached hydrogen (secondary N) is 1. The first kappa shape index (κ1) is 29.8. The number of carboxylic acid groups (broad SMARTS) is 1. The number of hydrogen-bond acceptors (Lipinski definition) is 6. The Balaban J connectivity index is 1.56. The lowest BCUT2D eigenvalue weighted by molar-refractivity contribution is -0.138. The second-order valence-electron chi connectivity index (χ2n) is 9.79. The zero-order chi connectivity index (χ0) is 27.2. The summed E-state index contributed by atoms with van der Waals surface area (Å²) in [6.45, 7) is 8.71. The third-order valence-electron chi connectivity index (χ3n) is 6.55. The number of halogens is 1. The SMILES string of the molecule is CCCN(CCCl)CCCCN(CC(=O)O)Cc1ccc(CN(Cc2ncc[nH]2)Cc2nccn2C)cc1. The van der Waals surface area contributed by atoms with E-state index in [0.717, 1.165) is 69.2 Å². The first-order chi connectivity index (χ1) is 18.5. The number of aromatic nitrogens is 4. The zero-order valence-corrected chi connectivity index (χ0v) is 23.5. The normalized spacial score (nSPS) is 11.7. The van der Waals surface area contributed by atoms with Crippen molar-refractivity contribution >= 4 is 17.6 Å². The highest BCUT2D eigenvalue weighted by molar-refractivity contribution is 6.18. The second kappa shape index (κ2) is 16.3. The molecule has 2 heterocycles. The maximum absolute atomic E-state index is 11.5. The molecule has 0 amide bonds. The molecule has 38 heavy (non-hydrogen) atoms. The number of aromatic amines is 1. The molecule has 0 atom stereocenters. The van der Waals surface area contributed by atoms with Gasteiger partial charge in [0.1, 0.15) is 11.6 Å². The highest BCUT2D eigenvalue weighted by Gasteiger charge is 2.14. The molecule has 9 nitrogen and oxygen atoms in total. The summed E-state index contributed by atoms with van der Waals surface area (Å²) in [5, 5.41) is 9.44. The second-order valence-corrected chi connectivity index (χ2v) is 10.2. The van der Waals surface area contributed by atoms with Gasteiger partial charge in [-0.3, -0.25) is 14.6 Å². The first-order valence-corrected chi connectivity index (χ1v) is 14.0. The molecule has 3 rings (SSSR count). The fraction of sp³-hybridized carbons (Fsp3) is 0.536. The quantitative estimate of drug-likeness (QED) is 0.174. The lowest BCUT2D eigenvalue weighted by Crippen LogP contribution is -2.32. The van der Waals surface area contributed by atoms with E-state index in [1.807, 2.05) is 35.1 Å². The summed E-state index contributed by atoms with van der Waals surface area (Å²) in [5.41, 5.74) is 2.31. The standard InChI is InChI=1S/C28H42ClN7O2/c1-3-14-34(17-10-29)15-4-5-16-35(23-28(37)38)19-24-6-8-25(9-7-24)20-36(21-26-30-11-12-31-26)22-27-32-13-18-33(27)2/h6-9,11-13,18H,3-5,10,14-17,19-23H2,1-2H3,(H,30,31)(H,37,38). The molecule has 10 heteroatoms. The average molecular weight is 544 g/mol. The minimum absolute atomic E-state index is 0.0443. The van der Waals surface area contributed by atoms with Crippen molar-refractivity contribution in [2.24, 2.45) is 7.05 Å². The third kappa shape index (κ3) is 10.6. The Kier molecular flexibility index (Phi) is 12.8. The summed E-state index contributed by atoms with van der Waals surface area (Å²) in [6, 6.07) is 8.49. The van der Waals surface area contributed by atoms with Crippen molar-refractivity contribution < 1.29 is 9.90 Å². The van der Waals surface area contributed by atoms with Crippen LogP contribution >= 0.6 is 11.6 Å². The molecule has 0 saturated heterocycles. The van der Waals surface area contributed by atoms with E-state index in [0.29, 0.717) is 25.5 Å². The summed E-state index contributed by atoms with van der Waals surface area (Å²) in [6.07, 6.45) is 10.5. The Bertz CT molecular complexity index is 1050. The lowest BCUT2D eigenvalue weighted by Gasteiger charge is -2.23. The van der Waals surface area contributed by atoms with Gasteiger partial charge in [-0.2, -0.15) is 0 Å². The van der Waals surface area contributed by atoms with Gasteiger partial charge in [0.15, 0.2) is 0 Å². The molecule has 0 fully saturated rings. The van der Waals surface area contributed by atoms with Crippen LogP contribution in [0.2, 0.25) is 0 Å². The summed E-state index contributed by atoms with van der Waals surface area (Å²) in [4.78, 5) is 30.3. The van der Waals surface area contributed by atoms with Crippen LogP contribution < -0.4 is 0 Å². The van der Waals surface area contributed by atoms with Crippen LogP contribution in [0.4, 0.5) is 0 Å². The van der Waals surface area contributed by atoms with Crippen molar-refractivity contribution in [3.05, 3.63) is 71.8 Å². The number of aliphatic carboxylic acids is 1. The van der Waals surface area contributed by atoms with E-state index in [1.165, 1.54) is 5.56 Å². The Morgan fingerprint density at radius 3 is 2.16 bits per heavy atom. The van der Waals surface area contributed by atoms with Crippen LogP contribution in [0.5, 0.6) is 0 Å². The lowest BCUT2D eigenvalue weighted by atomic mass is 10.1. The predicted octanol–water partition coefficient (Wildman–Crippen LogP) is 3.96. The minimum Gasteiger partial charge on any atom is -0.480 e. The molecule has 0 aliphatic heterocycles. The number of carbonyl (C=O) groups is 1. The van der Waals surface area contributed by atoms with E-state index in [-0.39, 0.29) is 6.54 Å². The Morgan fingerprint density at radius 1 is 0.921 bits per heavy atom. The van der Waals surface area contributed by atoms with Gasteiger partial charge in [-0.1, -0.05) is 31.2 Å². The van der Waals surface area contributed by atoms with E-state index in [2.05, 4.69) is 55.9 Å². The van der Waals surface area contributed by atoms with Gasteiger partial charge in [0, 0.05) is 57.3 Å². The van der Waals surface area contributed by atoms with E-state index < -0.39 is 5.97 Å². The van der Waals surface area contributed by atoms with Gasteiger partial charge in [0.25, 0.3) is 0 Å². The molecule has 2 N–H and O–H groups in total. The number of H-pyrrole nitrogens is 1. The number of benzene rings is 1. The van der Waals surface area contributed by atoms with E-state index in [1.54, 1.807) is 6.20 Å². The van der Waals surface area contributed by atoms with Crippen LogP contribution in [0, 0.1) is 0 Å². The predicted molar refractivity (Wildman–Crippen MR) is 151 cm³/mol. The molecule has 0 aliphatic rings. The number of carboxylic acids is 1. The largest absolute Gasteiger partial charge is 0.480 e. The van der Waals surface area contributed by atoms with Crippen molar-refractivity contribution in [2.75, 3.05) is 38.6 Å².